The summed E-state index contributed by atoms with van der Waals surface area (Å²) in [5, 5.41) is 8.75. The Kier molecular flexibility index (Phi) is 3.09. The third kappa shape index (κ3) is 2.33. The quantitative estimate of drug-likeness (QED) is 0.679. The Morgan fingerprint density at radius 1 is 1.12 bits per heavy atom. The number of rotatable bonds is 1. The minimum atomic E-state index is -0.558. The third-order valence-corrected chi connectivity index (χ3v) is 2.89. The summed E-state index contributed by atoms with van der Waals surface area (Å²) >= 11 is 0. The Bertz CT molecular complexity index is 402. The largest absolute Gasteiger partial charge is 0.373 e. The third-order valence-electron chi connectivity index (χ3n) is 2.89. The fourth-order valence-electron chi connectivity index (χ4n) is 1.99. The van der Waals surface area contributed by atoms with Gasteiger partial charge in [-0.1, -0.05) is 0 Å². The zero-order valence-electron chi connectivity index (χ0n) is 8.79. The van der Waals surface area contributed by atoms with Crippen LogP contribution in [0, 0.1) is 22.9 Å². The highest BCUT2D eigenvalue weighted by molar-refractivity contribution is 6.67. The lowest BCUT2D eigenvalue weighted by atomic mass is 9.45. The van der Waals surface area contributed by atoms with Crippen LogP contribution in [0.1, 0.15) is 0 Å². The number of hydrogen-bond acceptors (Lipinski definition) is 2. The van der Waals surface area contributed by atoms with E-state index in [4.69, 9.17) is 5.26 Å². The summed E-state index contributed by atoms with van der Waals surface area (Å²) in [4.78, 5) is 1.92. The molecule has 1 saturated heterocycles. The first-order chi connectivity index (χ1) is 7.69. The van der Waals surface area contributed by atoms with E-state index < -0.39 is 11.6 Å². The van der Waals surface area contributed by atoms with Crippen molar-refractivity contribution in [3.8, 4) is 5.97 Å². The molecule has 1 heterocycles. The van der Waals surface area contributed by atoms with Gasteiger partial charge in [-0.25, -0.2) is 14.0 Å². The van der Waals surface area contributed by atoms with Crippen LogP contribution in [0.15, 0.2) is 18.2 Å². The lowest BCUT2D eigenvalue weighted by molar-refractivity contribution is 0.582. The standard InChI is InChI=1S/C11H11BF2N2/c13-9-5-10(14)7-11(6-9)16-3-1-12(8-15)2-4-16/h5-7H,1-4H2. The zero-order chi connectivity index (χ0) is 11.5. The van der Waals surface area contributed by atoms with Gasteiger partial charge in [0, 0.05) is 30.8 Å². The molecule has 0 spiro atoms. The average Bonchev–Trinajstić information content (AvgIpc) is 2.28. The molecule has 0 aliphatic carbocycles. The van der Waals surface area contributed by atoms with E-state index in [1.807, 2.05) is 4.90 Å². The van der Waals surface area contributed by atoms with Gasteiger partial charge in [0.25, 0.3) is 6.71 Å². The molecular formula is C11H11BF2N2. The van der Waals surface area contributed by atoms with E-state index in [-0.39, 0.29) is 6.71 Å². The molecule has 2 nitrogen and oxygen atoms in total. The van der Waals surface area contributed by atoms with Crippen molar-refractivity contribution >= 4 is 12.4 Å². The van der Waals surface area contributed by atoms with Crippen LogP contribution in [0.3, 0.4) is 0 Å². The van der Waals surface area contributed by atoms with E-state index in [2.05, 4.69) is 5.97 Å². The van der Waals surface area contributed by atoms with Crippen LogP contribution in [-0.2, 0) is 0 Å². The average molecular weight is 220 g/mol. The van der Waals surface area contributed by atoms with Gasteiger partial charge in [-0.05, 0) is 24.8 Å². The Balaban J connectivity index is 2.11. The second-order valence-corrected chi connectivity index (χ2v) is 4.02. The summed E-state index contributed by atoms with van der Waals surface area (Å²) in [7, 11) is 0. The number of nitrogens with zero attached hydrogens (tertiary/aromatic N) is 2. The molecule has 0 bridgehead atoms. The maximum absolute atomic E-state index is 13.0. The van der Waals surface area contributed by atoms with Gasteiger partial charge in [0.15, 0.2) is 0 Å². The molecule has 1 aliphatic heterocycles. The maximum atomic E-state index is 13.0. The summed E-state index contributed by atoms with van der Waals surface area (Å²) < 4.78 is 26.0. The molecule has 1 aromatic rings. The molecule has 1 aromatic carbocycles. The highest BCUT2D eigenvalue weighted by atomic mass is 19.1. The van der Waals surface area contributed by atoms with Crippen molar-refractivity contribution < 1.29 is 8.78 Å². The molecule has 1 aliphatic rings. The topological polar surface area (TPSA) is 27.0 Å². The minimum Gasteiger partial charge on any atom is -0.373 e. The number of hydrogen-bond donors (Lipinski definition) is 0. The summed E-state index contributed by atoms with van der Waals surface area (Å²) in [5.41, 5.74) is 0.564. The lowest BCUT2D eigenvalue weighted by Crippen LogP contribution is -2.36. The van der Waals surface area contributed by atoms with Crippen molar-refractivity contribution in [1.82, 2.24) is 0 Å². The van der Waals surface area contributed by atoms with Crippen molar-refractivity contribution in [2.24, 2.45) is 0 Å². The SMILES string of the molecule is N#CB1CCN(c2cc(F)cc(F)c2)CC1. The van der Waals surface area contributed by atoms with Gasteiger partial charge in [0.05, 0.1) is 0 Å². The van der Waals surface area contributed by atoms with Gasteiger partial charge in [-0.2, -0.15) is 0 Å². The van der Waals surface area contributed by atoms with Gasteiger partial charge >= 0.3 is 0 Å². The highest BCUT2D eigenvalue weighted by Gasteiger charge is 2.22. The molecular weight excluding hydrogens is 209 g/mol. The molecule has 0 radical (unpaired) electrons. The molecule has 0 amide bonds. The van der Waals surface area contributed by atoms with Crippen LogP contribution in [0.2, 0.25) is 12.6 Å². The molecule has 5 heteroatoms. The lowest BCUT2D eigenvalue weighted by Gasteiger charge is -2.29. The first kappa shape index (κ1) is 10.9. The summed E-state index contributed by atoms with van der Waals surface area (Å²) in [6.45, 7) is 1.44. The fourth-order valence-corrected chi connectivity index (χ4v) is 1.99. The van der Waals surface area contributed by atoms with E-state index in [9.17, 15) is 8.78 Å². The molecule has 0 N–H and O–H groups in total. The molecule has 2 rings (SSSR count). The van der Waals surface area contributed by atoms with Gasteiger partial charge in [0.1, 0.15) is 11.6 Å². The summed E-state index contributed by atoms with van der Waals surface area (Å²) in [5.74, 6) is 1.11. The molecule has 16 heavy (non-hydrogen) atoms. The number of nitriles is 1. The Morgan fingerprint density at radius 3 is 2.19 bits per heavy atom. The predicted octanol–water partition coefficient (Wildman–Crippen LogP) is 2.34. The molecule has 1 fully saturated rings. The van der Waals surface area contributed by atoms with Gasteiger partial charge in [0.2, 0.25) is 0 Å². The van der Waals surface area contributed by atoms with Crippen molar-refractivity contribution in [2.75, 3.05) is 18.0 Å². The van der Waals surface area contributed by atoms with Crippen molar-refractivity contribution in [1.29, 1.82) is 5.26 Å². The Morgan fingerprint density at radius 2 is 1.69 bits per heavy atom. The second kappa shape index (κ2) is 4.52. The van der Waals surface area contributed by atoms with E-state index in [1.165, 1.54) is 12.1 Å². The molecule has 0 atom stereocenters. The summed E-state index contributed by atoms with van der Waals surface area (Å²) in [6, 6.07) is 3.52. The molecule has 82 valence electrons. The summed E-state index contributed by atoms with van der Waals surface area (Å²) in [6.07, 6.45) is 1.52. The highest BCUT2D eigenvalue weighted by Crippen LogP contribution is 2.22. The van der Waals surface area contributed by atoms with Crippen LogP contribution in [-0.4, -0.2) is 19.8 Å². The van der Waals surface area contributed by atoms with E-state index in [0.717, 1.165) is 18.7 Å². The Hall–Kier alpha value is -1.57. The van der Waals surface area contributed by atoms with E-state index in [0.29, 0.717) is 18.8 Å². The van der Waals surface area contributed by atoms with Crippen molar-refractivity contribution in [3.05, 3.63) is 29.8 Å². The van der Waals surface area contributed by atoms with E-state index in [1.54, 1.807) is 0 Å². The van der Waals surface area contributed by atoms with Crippen LogP contribution < -0.4 is 4.90 Å². The van der Waals surface area contributed by atoms with Crippen molar-refractivity contribution in [3.63, 3.8) is 0 Å². The van der Waals surface area contributed by atoms with Crippen LogP contribution in [0.4, 0.5) is 14.5 Å². The van der Waals surface area contributed by atoms with Crippen molar-refractivity contribution in [2.45, 2.75) is 12.6 Å². The smallest absolute Gasteiger partial charge is 0.271 e. The number of anilines is 1. The Labute approximate surface area is 93.6 Å². The van der Waals surface area contributed by atoms with Crippen LogP contribution >= 0.6 is 0 Å². The minimum absolute atomic E-state index is 0.0784. The molecule has 0 saturated carbocycles. The first-order valence-electron chi connectivity index (χ1n) is 5.29. The van der Waals surface area contributed by atoms with Crippen LogP contribution in [0.5, 0.6) is 0 Å². The maximum Gasteiger partial charge on any atom is 0.271 e. The fraction of sp³-hybridized carbons (Fsp3) is 0.364. The number of halogens is 2. The number of benzene rings is 1. The molecule has 0 unspecified atom stereocenters. The molecule has 0 aromatic heterocycles. The zero-order valence-corrected chi connectivity index (χ0v) is 8.79. The normalized spacial score (nSPS) is 16.1. The van der Waals surface area contributed by atoms with Gasteiger partial charge in [-0.15, -0.1) is 0 Å². The first-order valence-corrected chi connectivity index (χ1v) is 5.29. The second-order valence-electron chi connectivity index (χ2n) is 4.02. The predicted molar refractivity (Wildman–Crippen MR) is 59.6 cm³/mol. The monoisotopic (exact) mass is 220 g/mol. The van der Waals surface area contributed by atoms with E-state index >= 15 is 0 Å². The van der Waals surface area contributed by atoms with Gasteiger partial charge in [-0.3, -0.25) is 0 Å². The van der Waals surface area contributed by atoms with Crippen LogP contribution in [0.25, 0.3) is 0 Å². The van der Waals surface area contributed by atoms with Gasteiger partial charge < -0.3 is 4.90 Å².